The number of hydrogen-bond donors (Lipinski definition) is 0. The standard InChI is InChI=1S/C14H18ClN3OS/c1-4-11-6-10(9-20-11)14(19)17(3)8-13-12(15)7-18(5-2)16-13/h6-7,9H,4-5,8H2,1-3H3. The molecule has 0 aliphatic rings. The average molecular weight is 312 g/mol. The Bertz CT molecular complexity index is 605. The first kappa shape index (κ1) is 15.1. The summed E-state index contributed by atoms with van der Waals surface area (Å²) in [6.45, 7) is 5.27. The average Bonchev–Trinajstić information content (AvgIpc) is 3.05. The fourth-order valence-corrected chi connectivity index (χ4v) is 2.92. The van der Waals surface area contributed by atoms with E-state index in [1.807, 2.05) is 18.4 Å². The predicted octanol–water partition coefficient (Wildman–Crippen LogP) is 3.45. The van der Waals surface area contributed by atoms with E-state index in [-0.39, 0.29) is 5.91 Å². The second kappa shape index (κ2) is 6.41. The zero-order valence-electron chi connectivity index (χ0n) is 11.9. The molecule has 0 fully saturated rings. The van der Waals surface area contributed by atoms with Crippen molar-refractivity contribution in [3.63, 3.8) is 0 Å². The van der Waals surface area contributed by atoms with Gasteiger partial charge in [-0.25, -0.2) is 0 Å². The Hall–Kier alpha value is -1.33. The molecule has 0 saturated carbocycles. The molecule has 2 heterocycles. The molecular formula is C14H18ClN3OS. The Morgan fingerprint density at radius 2 is 2.25 bits per heavy atom. The largest absolute Gasteiger partial charge is 0.336 e. The molecule has 2 aromatic heterocycles. The summed E-state index contributed by atoms with van der Waals surface area (Å²) in [7, 11) is 1.77. The fraction of sp³-hybridized carbons (Fsp3) is 0.429. The third-order valence-electron chi connectivity index (χ3n) is 3.09. The van der Waals surface area contributed by atoms with Crippen LogP contribution in [0.15, 0.2) is 17.6 Å². The van der Waals surface area contributed by atoms with Gasteiger partial charge in [-0.2, -0.15) is 5.10 Å². The van der Waals surface area contributed by atoms with Crippen molar-refractivity contribution in [2.75, 3.05) is 7.05 Å². The van der Waals surface area contributed by atoms with Gasteiger partial charge in [-0.3, -0.25) is 9.48 Å². The van der Waals surface area contributed by atoms with Gasteiger partial charge in [-0.05, 0) is 19.4 Å². The summed E-state index contributed by atoms with van der Waals surface area (Å²) in [5, 5.41) is 6.87. The monoisotopic (exact) mass is 311 g/mol. The molecule has 6 heteroatoms. The molecule has 0 aromatic carbocycles. The normalized spacial score (nSPS) is 10.8. The van der Waals surface area contributed by atoms with Crippen molar-refractivity contribution >= 4 is 28.8 Å². The molecule has 0 radical (unpaired) electrons. The number of aryl methyl sites for hydroxylation is 2. The van der Waals surface area contributed by atoms with E-state index in [1.165, 1.54) is 4.88 Å². The smallest absolute Gasteiger partial charge is 0.254 e. The van der Waals surface area contributed by atoms with Crippen LogP contribution in [-0.4, -0.2) is 27.6 Å². The molecule has 0 unspecified atom stereocenters. The van der Waals surface area contributed by atoms with E-state index in [0.29, 0.717) is 11.6 Å². The summed E-state index contributed by atoms with van der Waals surface area (Å²) >= 11 is 7.74. The van der Waals surface area contributed by atoms with Crippen LogP contribution in [0.4, 0.5) is 0 Å². The third-order valence-corrected chi connectivity index (χ3v) is 4.49. The first-order chi connectivity index (χ1) is 9.55. The Morgan fingerprint density at radius 3 is 2.80 bits per heavy atom. The number of carbonyl (C=O) groups excluding carboxylic acids is 1. The van der Waals surface area contributed by atoms with Crippen LogP contribution in [0.1, 0.15) is 34.8 Å². The van der Waals surface area contributed by atoms with Crippen LogP contribution in [0.5, 0.6) is 0 Å². The van der Waals surface area contributed by atoms with E-state index in [1.54, 1.807) is 34.2 Å². The topological polar surface area (TPSA) is 38.1 Å². The molecule has 108 valence electrons. The maximum atomic E-state index is 12.3. The Kier molecular flexibility index (Phi) is 4.83. The van der Waals surface area contributed by atoms with Crippen LogP contribution in [-0.2, 0) is 19.5 Å². The van der Waals surface area contributed by atoms with Gasteiger partial charge >= 0.3 is 0 Å². The lowest BCUT2D eigenvalue weighted by Crippen LogP contribution is -2.26. The minimum atomic E-state index is 0.00284. The van der Waals surface area contributed by atoms with E-state index in [9.17, 15) is 4.79 Å². The van der Waals surface area contributed by atoms with Crippen LogP contribution in [0.3, 0.4) is 0 Å². The minimum Gasteiger partial charge on any atom is -0.336 e. The summed E-state index contributed by atoms with van der Waals surface area (Å²) in [4.78, 5) is 15.2. The van der Waals surface area contributed by atoms with Crippen molar-refractivity contribution in [2.24, 2.45) is 0 Å². The lowest BCUT2D eigenvalue weighted by molar-refractivity contribution is 0.0783. The molecule has 4 nitrogen and oxygen atoms in total. The van der Waals surface area contributed by atoms with Gasteiger partial charge in [0.1, 0.15) is 5.69 Å². The lowest BCUT2D eigenvalue weighted by Gasteiger charge is -2.15. The van der Waals surface area contributed by atoms with Crippen LogP contribution >= 0.6 is 22.9 Å². The third kappa shape index (κ3) is 3.22. The Morgan fingerprint density at radius 1 is 1.50 bits per heavy atom. The summed E-state index contributed by atoms with van der Waals surface area (Å²) in [6, 6.07) is 1.95. The quantitative estimate of drug-likeness (QED) is 0.848. The van der Waals surface area contributed by atoms with Gasteiger partial charge in [0, 0.05) is 30.0 Å². The van der Waals surface area contributed by atoms with Gasteiger partial charge in [-0.15, -0.1) is 11.3 Å². The highest BCUT2D eigenvalue weighted by molar-refractivity contribution is 7.10. The van der Waals surface area contributed by atoms with Crippen molar-refractivity contribution in [3.8, 4) is 0 Å². The number of rotatable bonds is 5. The van der Waals surface area contributed by atoms with Crippen LogP contribution < -0.4 is 0 Å². The van der Waals surface area contributed by atoms with Gasteiger partial charge in [-0.1, -0.05) is 18.5 Å². The van der Waals surface area contributed by atoms with Gasteiger partial charge in [0.2, 0.25) is 0 Å². The zero-order chi connectivity index (χ0) is 14.7. The molecule has 0 atom stereocenters. The van der Waals surface area contributed by atoms with E-state index in [4.69, 9.17) is 11.6 Å². The molecule has 0 aliphatic carbocycles. The minimum absolute atomic E-state index is 0.00284. The summed E-state index contributed by atoms with van der Waals surface area (Å²) in [5.41, 5.74) is 1.47. The van der Waals surface area contributed by atoms with Gasteiger partial charge < -0.3 is 4.90 Å². The van der Waals surface area contributed by atoms with Gasteiger partial charge in [0.25, 0.3) is 5.91 Å². The van der Waals surface area contributed by atoms with E-state index >= 15 is 0 Å². The number of thiophene rings is 1. The highest BCUT2D eigenvalue weighted by Crippen LogP contribution is 2.19. The molecule has 1 amide bonds. The summed E-state index contributed by atoms with van der Waals surface area (Å²) in [5.74, 6) is 0.00284. The number of halogens is 1. The van der Waals surface area contributed by atoms with E-state index < -0.39 is 0 Å². The van der Waals surface area contributed by atoms with Crippen molar-refractivity contribution in [3.05, 3.63) is 38.8 Å². The molecule has 0 aliphatic heterocycles. The Balaban J connectivity index is 2.08. The van der Waals surface area contributed by atoms with Crippen molar-refractivity contribution in [1.29, 1.82) is 0 Å². The molecule has 0 N–H and O–H groups in total. The van der Waals surface area contributed by atoms with Crippen molar-refractivity contribution < 1.29 is 4.79 Å². The molecule has 0 bridgehead atoms. The van der Waals surface area contributed by atoms with Crippen LogP contribution in [0, 0.1) is 0 Å². The molecule has 20 heavy (non-hydrogen) atoms. The number of nitrogens with zero attached hydrogens (tertiary/aromatic N) is 3. The second-order valence-electron chi connectivity index (χ2n) is 4.60. The van der Waals surface area contributed by atoms with E-state index in [2.05, 4.69) is 12.0 Å². The summed E-state index contributed by atoms with van der Waals surface area (Å²) in [6.07, 6.45) is 2.74. The SMILES string of the molecule is CCc1cc(C(=O)N(C)Cc2nn(CC)cc2Cl)cs1. The number of amides is 1. The number of carbonyl (C=O) groups is 1. The number of hydrogen-bond acceptors (Lipinski definition) is 3. The number of aromatic nitrogens is 2. The van der Waals surface area contributed by atoms with Gasteiger partial charge in [0.15, 0.2) is 0 Å². The van der Waals surface area contributed by atoms with Crippen LogP contribution in [0.25, 0.3) is 0 Å². The second-order valence-corrected chi connectivity index (χ2v) is 6.00. The van der Waals surface area contributed by atoms with Crippen molar-refractivity contribution in [1.82, 2.24) is 14.7 Å². The molecule has 0 saturated heterocycles. The lowest BCUT2D eigenvalue weighted by atomic mass is 10.2. The van der Waals surface area contributed by atoms with Crippen molar-refractivity contribution in [2.45, 2.75) is 33.4 Å². The molecule has 2 aromatic rings. The first-order valence-electron chi connectivity index (χ1n) is 6.59. The highest BCUT2D eigenvalue weighted by Gasteiger charge is 2.16. The maximum Gasteiger partial charge on any atom is 0.254 e. The fourth-order valence-electron chi connectivity index (χ4n) is 1.90. The van der Waals surface area contributed by atoms with Crippen LogP contribution in [0.2, 0.25) is 5.02 Å². The maximum absolute atomic E-state index is 12.3. The highest BCUT2D eigenvalue weighted by atomic mass is 35.5. The molecule has 2 rings (SSSR count). The zero-order valence-corrected chi connectivity index (χ0v) is 13.5. The molecule has 0 spiro atoms. The van der Waals surface area contributed by atoms with E-state index in [0.717, 1.165) is 24.2 Å². The van der Waals surface area contributed by atoms with Gasteiger partial charge in [0.05, 0.1) is 17.1 Å². The predicted molar refractivity (Wildman–Crippen MR) is 82.4 cm³/mol. The first-order valence-corrected chi connectivity index (χ1v) is 7.85. The molecular weight excluding hydrogens is 294 g/mol. The summed E-state index contributed by atoms with van der Waals surface area (Å²) < 4.78 is 1.77. The Labute approximate surface area is 128 Å².